The molecule has 0 N–H and O–H groups in total. The number of alkyl halides is 2. The van der Waals surface area contributed by atoms with Crippen molar-refractivity contribution >= 4 is 21.6 Å². The average Bonchev–Trinajstić information content (AvgIpc) is 2.87. The summed E-state index contributed by atoms with van der Waals surface area (Å²) in [5, 5.41) is 0. The highest BCUT2D eigenvalue weighted by Crippen LogP contribution is 2.31. The van der Waals surface area contributed by atoms with E-state index in [4.69, 9.17) is 4.74 Å². The minimum absolute atomic E-state index is 0.201. The largest absolute Gasteiger partial charge is 0.369 e. The molecule has 0 spiro atoms. The summed E-state index contributed by atoms with van der Waals surface area (Å²) in [6, 6.07) is 4.94. The fourth-order valence-electron chi connectivity index (χ4n) is 2.95. The molecule has 1 saturated heterocycles. The van der Waals surface area contributed by atoms with Gasteiger partial charge in [-0.15, -0.1) is 0 Å². The van der Waals surface area contributed by atoms with Gasteiger partial charge in [0, 0.05) is 25.2 Å². The maximum absolute atomic E-state index is 12.4. The van der Waals surface area contributed by atoms with Crippen LogP contribution in [0.5, 0.6) is 0 Å². The molecule has 0 atom stereocenters. The molecule has 0 aromatic heterocycles. The third-order valence-electron chi connectivity index (χ3n) is 4.17. The summed E-state index contributed by atoms with van der Waals surface area (Å²) < 4.78 is 53.8. The van der Waals surface area contributed by atoms with Crippen molar-refractivity contribution in [3.05, 3.63) is 29.3 Å². The first-order valence-corrected chi connectivity index (χ1v) is 9.40. The van der Waals surface area contributed by atoms with E-state index in [0.717, 1.165) is 11.8 Å². The van der Waals surface area contributed by atoms with Gasteiger partial charge < -0.3 is 9.64 Å². The number of fused-ring (bicyclic) bond motifs is 1. The summed E-state index contributed by atoms with van der Waals surface area (Å²) in [5.74, 6) is -0.201. The Morgan fingerprint density at radius 3 is 2.71 bits per heavy atom. The van der Waals surface area contributed by atoms with Crippen LogP contribution in [0.25, 0.3) is 0 Å². The number of amides is 1. The van der Waals surface area contributed by atoms with Gasteiger partial charge in [0.1, 0.15) is 6.61 Å². The first-order valence-electron chi connectivity index (χ1n) is 7.55. The Hall–Kier alpha value is -1.74. The fraction of sp³-hybridized carbons (Fsp3) is 0.533. The molecule has 0 radical (unpaired) electrons. The molecule has 2 heterocycles. The van der Waals surface area contributed by atoms with Crippen LogP contribution in [0.1, 0.15) is 15.9 Å². The van der Waals surface area contributed by atoms with Crippen molar-refractivity contribution < 1.29 is 26.7 Å². The molecule has 0 saturated carbocycles. The molecule has 3 rings (SSSR count). The molecule has 1 amide bonds. The van der Waals surface area contributed by atoms with Gasteiger partial charge in [0.15, 0.2) is 0 Å². The van der Waals surface area contributed by atoms with Crippen LogP contribution in [-0.4, -0.2) is 64.3 Å². The maximum atomic E-state index is 12.4. The Morgan fingerprint density at radius 2 is 2.08 bits per heavy atom. The lowest BCUT2D eigenvalue weighted by molar-refractivity contribution is -0.0775. The van der Waals surface area contributed by atoms with Crippen molar-refractivity contribution in [3.63, 3.8) is 0 Å². The van der Waals surface area contributed by atoms with E-state index in [1.54, 1.807) is 18.2 Å². The predicted molar refractivity (Wildman–Crippen MR) is 84.0 cm³/mol. The third kappa shape index (κ3) is 3.36. The summed E-state index contributed by atoms with van der Waals surface area (Å²) in [7, 11) is -3.32. The van der Waals surface area contributed by atoms with Crippen molar-refractivity contribution in [2.24, 2.45) is 0 Å². The van der Waals surface area contributed by atoms with Crippen molar-refractivity contribution in [1.82, 2.24) is 4.90 Å². The molecule has 1 aromatic carbocycles. The Balaban J connectivity index is 1.64. The zero-order valence-corrected chi connectivity index (χ0v) is 13.9. The summed E-state index contributed by atoms with van der Waals surface area (Å²) in [6.45, 7) is 0.335. The first-order chi connectivity index (χ1) is 11.3. The highest BCUT2D eigenvalue weighted by molar-refractivity contribution is 7.92. The number of likely N-dealkylation sites (tertiary alicyclic amines) is 1. The monoisotopic (exact) mass is 360 g/mol. The van der Waals surface area contributed by atoms with E-state index in [1.807, 2.05) is 0 Å². The van der Waals surface area contributed by atoms with Gasteiger partial charge in [-0.2, -0.15) is 0 Å². The van der Waals surface area contributed by atoms with Gasteiger partial charge in [-0.25, -0.2) is 17.2 Å². The second kappa shape index (κ2) is 6.29. The number of anilines is 1. The van der Waals surface area contributed by atoms with E-state index in [9.17, 15) is 22.0 Å². The molecule has 24 heavy (non-hydrogen) atoms. The van der Waals surface area contributed by atoms with Crippen LogP contribution < -0.4 is 4.31 Å². The fourth-order valence-corrected chi connectivity index (χ4v) is 3.91. The summed E-state index contributed by atoms with van der Waals surface area (Å²) in [4.78, 5) is 13.9. The minimum atomic E-state index is -3.32. The maximum Gasteiger partial charge on any atom is 0.261 e. The average molecular weight is 360 g/mol. The van der Waals surface area contributed by atoms with E-state index < -0.39 is 23.1 Å². The van der Waals surface area contributed by atoms with E-state index >= 15 is 0 Å². The molecule has 132 valence electrons. The molecule has 1 aromatic rings. The number of rotatable bonds is 5. The molecular formula is C15H18F2N2O4S. The van der Waals surface area contributed by atoms with Gasteiger partial charge in [0.2, 0.25) is 10.0 Å². The third-order valence-corrected chi connectivity index (χ3v) is 5.35. The number of carbonyl (C=O) groups excluding carboxylic acids is 1. The van der Waals surface area contributed by atoms with E-state index in [-0.39, 0.29) is 25.1 Å². The smallest absolute Gasteiger partial charge is 0.261 e. The SMILES string of the molecule is CS(=O)(=O)N1CCc2cc(C(=O)N3CC(OCC(F)F)C3)ccc21. The molecular weight excluding hydrogens is 342 g/mol. The normalized spacial score (nSPS) is 18.0. The molecule has 0 bridgehead atoms. The van der Waals surface area contributed by atoms with Crippen molar-refractivity contribution in [2.75, 3.05) is 36.8 Å². The Labute approximate surface area is 139 Å². The van der Waals surface area contributed by atoms with Crippen LogP contribution in [0, 0.1) is 0 Å². The van der Waals surface area contributed by atoms with Gasteiger partial charge in [-0.1, -0.05) is 0 Å². The number of hydrogen-bond acceptors (Lipinski definition) is 4. The molecule has 9 heteroatoms. The van der Waals surface area contributed by atoms with Gasteiger partial charge in [-0.3, -0.25) is 9.10 Å². The predicted octanol–water partition coefficient (Wildman–Crippen LogP) is 1.11. The molecule has 6 nitrogen and oxygen atoms in total. The lowest BCUT2D eigenvalue weighted by atomic mass is 10.0. The number of halogens is 2. The Kier molecular flexibility index (Phi) is 4.48. The second-order valence-electron chi connectivity index (χ2n) is 5.99. The summed E-state index contributed by atoms with van der Waals surface area (Å²) >= 11 is 0. The van der Waals surface area contributed by atoms with Crippen LogP contribution in [0.3, 0.4) is 0 Å². The van der Waals surface area contributed by atoms with Crippen LogP contribution in [-0.2, 0) is 21.2 Å². The summed E-state index contributed by atoms with van der Waals surface area (Å²) in [5.41, 5.74) is 1.89. The number of benzene rings is 1. The van der Waals surface area contributed by atoms with E-state index in [1.165, 1.54) is 9.21 Å². The number of ether oxygens (including phenoxy) is 1. The first kappa shape index (κ1) is 17.1. The molecule has 0 unspecified atom stereocenters. The van der Waals surface area contributed by atoms with E-state index in [0.29, 0.717) is 24.2 Å². The number of hydrogen-bond donors (Lipinski definition) is 0. The highest BCUT2D eigenvalue weighted by atomic mass is 32.2. The van der Waals surface area contributed by atoms with Crippen LogP contribution >= 0.6 is 0 Å². The van der Waals surface area contributed by atoms with Gasteiger partial charge in [-0.05, 0) is 30.2 Å². The molecule has 1 fully saturated rings. The number of sulfonamides is 1. The van der Waals surface area contributed by atoms with Crippen LogP contribution in [0.4, 0.5) is 14.5 Å². The van der Waals surface area contributed by atoms with Gasteiger partial charge >= 0.3 is 0 Å². The molecule has 2 aliphatic heterocycles. The second-order valence-corrected chi connectivity index (χ2v) is 7.89. The Bertz CT molecular complexity index is 748. The van der Waals surface area contributed by atoms with Crippen LogP contribution in [0.2, 0.25) is 0 Å². The standard InChI is InChI=1S/C15H18F2N2O4S/c1-24(21,22)19-5-4-10-6-11(2-3-13(10)19)15(20)18-7-12(8-18)23-9-14(16)17/h2-3,6,12,14H,4-5,7-9H2,1H3. The van der Waals surface area contributed by atoms with E-state index in [2.05, 4.69) is 0 Å². The minimum Gasteiger partial charge on any atom is -0.369 e. The number of nitrogens with zero attached hydrogens (tertiary/aromatic N) is 2. The zero-order valence-electron chi connectivity index (χ0n) is 13.1. The van der Waals surface area contributed by atoms with Crippen molar-refractivity contribution in [3.8, 4) is 0 Å². The Morgan fingerprint density at radius 1 is 1.38 bits per heavy atom. The molecule has 0 aliphatic carbocycles. The van der Waals surface area contributed by atoms with Gasteiger partial charge in [0.25, 0.3) is 12.3 Å². The molecule has 2 aliphatic rings. The van der Waals surface area contributed by atoms with Gasteiger partial charge in [0.05, 0.1) is 18.0 Å². The summed E-state index contributed by atoms with van der Waals surface area (Å²) in [6.07, 6.45) is -1.15. The number of carbonyl (C=O) groups is 1. The lowest BCUT2D eigenvalue weighted by Crippen LogP contribution is -2.55. The lowest BCUT2D eigenvalue weighted by Gasteiger charge is -2.38. The topological polar surface area (TPSA) is 66.9 Å². The van der Waals surface area contributed by atoms with Crippen LogP contribution in [0.15, 0.2) is 18.2 Å². The zero-order chi connectivity index (χ0) is 17.5. The van der Waals surface area contributed by atoms with Crippen molar-refractivity contribution in [1.29, 1.82) is 0 Å². The van der Waals surface area contributed by atoms with Crippen molar-refractivity contribution in [2.45, 2.75) is 19.0 Å². The quantitative estimate of drug-likeness (QED) is 0.789. The highest BCUT2D eigenvalue weighted by Gasteiger charge is 2.33.